The van der Waals surface area contributed by atoms with Crippen molar-refractivity contribution in [3.8, 4) is 0 Å². The van der Waals surface area contributed by atoms with Crippen LogP contribution in [0.15, 0.2) is 30.9 Å². The standard InChI is InChI=1S/C16H20N6OS/c1-10(2)15-21-13-5-4-12(6-14(13)24-15)20-16(23)19-11(3)7-22-9-17-8-18-22/h4-6,8-11H,7H2,1-3H3,(H2,19,20,23)/t11-/m0/s1. The molecule has 7 nitrogen and oxygen atoms in total. The largest absolute Gasteiger partial charge is 0.334 e. The van der Waals surface area contributed by atoms with Gasteiger partial charge in [-0.3, -0.25) is 4.68 Å². The molecule has 3 aromatic rings. The first-order valence-corrected chi connectivity index (χ1v) is 8.63. The van der Waals surface area contributed by atoms with E-state index in [1.165, 1.54) is 6.33 Å². The molecule has 0 aliphatic rings. The van der Waals surface area contributed by atoms with E-state index < -0.39 is 0 Å². The zero-order valence-corrected chi connectivity index (χ0v) is 14.7. The van der Waals surface area contributed by atoms with E-state index in [9.17, 15) is 4.79 Å². The number of aromatic nitrogens is 4. The van der Waals surface area contributed by atoms with Crippen LogP contribution >= 0.6 is 11.3 Å². The van der Waals surface area contributed by atoms with Crippen LogP contribution in [0.5, 0.6) is 0 Å². The molecule has 2 heterocycles. The summed E-state index contributed by atoms with van der Waals surface area (Å²) in [5.41, 5.74) is 1.72. The minimum absolute atomic E-state index is 0.0635. The van der Waals surface area contributed by atoms with E-state index in [1.807, 2.05) is 25.1 Å². The summed E-state index contributed by atoms with van der Waals surface area (Å²) in [5, 5.41) is 10.9. The summed E-state index contributed by atoms with van der Waals surface area (Å²) in [7, 11) is 0. The Kier molecular flexibility index (Phi) is 4.75. The SMILES string of the molecule is CC(C)c1nc2ccc(NC(=O)N[C@@H](C)Cn3cncn3)cc2s1. The van der Waals surface area contributed by atoms with Gasteiger partial charge >= 0.3 is 6.03 Å². The second-order valence-corrected chi connectivity index (χ2v) is 7.07. The van der Waals surface area contributed by atoms with Gasteiger partial charge in [0.1, 0.15) is 12.7 Å². The topological polar surface area (TPSA) is 84.7 Å². The molecule has 0 aliphatic carbocycles. The van der Waals surface area contributed by atoms with Crippen LogP contribution in [0.4, 0.5) is 10.5 Å². The Balaban J connectivity index is 1.62. The summed E-state index contributed by atoms with van der Waals surface area (Å²) in [5.74, 6) is 0.403. The van der Waals surface area contributed by atoms with Gasteiger partial charge in [0.2, 0.25) is 0 Å². The van der Waals surface area contributed by atoms with E-state index in [0.29, 0.717) is 12.5 Å². The number of carbonyl (C=O) groups excluding carboxylic acids is 1. The van der Waals surface area contributed by atoms with E-state index >= 15 is 0 Å². The molecular weight excluding hydrogens is 324 g/mol. The highest BCUT2D eigenvalue weighted by molar-refractivity contribution is 7.18. The summed E-state index contributed by atoms with van der Waals surface area (Å²) in [4.78, 5) is 20.6. The molecule has 3 rings (SSSR count). The summed E-state index contributed by atoms with van der Waals surface area (Å²) < 4.78 is 2.76. The monoisotopic (exact) mass is 344 g/mol. The second kappa shape index (κ2) is 6.96. The maximum absolute atomic E-state index is 12.1. The van der Waals surface area contributed by atoms with Crippen LogP contribution < -0.4 is 10.6 Å². The van der Waals surface area contributed by atoms with Gasteiger partial charge in [0.05, 0.1) is 21.8 Å². The minimum atomic E-state index is -0.240. The molecule has 0 bridgehead atoms. The fraction of sp³-hybridized carbons (Fsp3) is 0.375. The van der Waals surface area contributed by atoms with Crippen molar-refractivity contribution in [3.05, 3.63) is 35.9 Å². The van der Waals surface area contributed by atoms with Crippen LogP contribution in [-0.2, 0) is 6.54 Å². The number of thiazole rings is 1. The second-order valence-electron chi connectivity index (χ2n) is 6.01. The van der Waals surface area contributed by atoms with Crippen LogP contribution in [0.1, 0.15) is 31.7 Å². The van der Waals surface area contributed by atoms with Gasteiger partial charge in [-0.05, 0) is 25.1 Å². The van der Waals surface area contributed by atoms with E-state index in [-0.39, 0.29) is 12.1 Å². The van der Waals surface area contributed by atoms with Crippen LogP contribution in [0, 0.1) is 0 Å². The predicted molar refractivity (Wildman–Crippen MR) is 95.3 cm³/mol. The third kappa shape index (κ3) is 3.88. The minimum Gasteiger partial charge on any atom is -0.334 e. The smallest absolute Gasteiger partial charge is 0.319 e. The van der Waals surface area contributed by atoms with Crippen molar-refractivity contribution in [2.24, 2.45) is 0 Å². The van der Waals surface area contributed by atoms with Crippen LogP contribution in [-0.4, -0.2) is 31.8 Å². The summed E-state index contributed by atoms with van der Waals surface area (Å²) >= 11 is 1.66. The highest BCUT2D eigenvalue weighted by Crippen LogP contribution is 2.29. The molecule has 8 heteroatoms. The number of hydrogen-bond acceptors (Lipinski definition) is 5. The van der Waals surface area contributed by atoms with Gasteiger partial charge in [-0.15, -0.1) is 11.3 Å². The zero-order valence-electron chi connectivity index (χ0n) is 13.9. The molecule has 0 saturated heterocycles. The molecule has 2 amide bonds. The predicted octanol–water partition coefficient (Wildman–Crippen LogP) is 3.22. The quantitative estimate of drug-likeness (QED) is 0.744. The number of benzene rings is 1. The first kappa shape index (κ1) is 16.4. The lowest BCUT2D eigenvalue weighted by Crippen LogP contribution is -2.38. The van der Waals surface area contributed by atoms with Crippen molar-refractivity contribution in [3.63, 3.8) is 0 Å². The Bertz CT molecular complexity index is 826. The van der Waals surface area contributed by atoms with Crippen molar-refractivity contribution < 1.29 is 4.79 Å². The fourth-order valence-electron chi connectivity index (χ4n) is 2.31. The average molecular weight is 344 g/mol. The first-order chi connectivity index (χ1) is 11.5. The summed E-state index contributed by atoms with van der Waals surface area (Å²) in [6, 6.07) is 5.46. The van der Waals surface area contributed by atoms with E-state index in [1.54, 1.807) is 22.3 Å². The maximum Gasteiger partial charge on any atom is 0.319 e. The molecule has 126 valence electrons. The van der Waals surface area contributed by atoms with E-state index in [0.717, 1.165) is 20.9 Å². The average Bonchev–Trinajstić information content (AvgIpc) is 3.15. The van der Waals surface area contributed by atoms with Crippen LogP contribution in [0.3, 0.4) is 0 Å². The molecule has 24 heavy (non-hydrogen) atoms. The highest BCUT2D eigenvalue weighted by atomic mass is 32.1. The van der Waals surface area contributed by atoms with Gasteiger partial charge in [-0.25, -0.2) is 14.8 Å². The number of carbonyl (C=O) groups is 1. The van der Waals surface area contributed by atoms with Gasteiger partial charge in [0.25, 0.3) is 0 Å². The molecular formula is C16H20N6OS. The molecule has 0 fully saturated rings. The molecule has 2 aromatic heterocycles. The van der Waals surface area contributed by atoms with E-state index in [4.69, 9.17) is 0 Å². The molecule has 1 atom stereocenters. The number of anilines is 1. The Morgan fingerprint density at radius 1 is 1.33 bits per heavy atom. The maximum atomic E-state index is 12.1. The van der Waals surface area contributed by atoms with Gasteiger partial charge in [0.15, 0.2) is 0 Å². The van der Waals surface area contributed by atoms with Crippen LogP contribution in [0.25, 0.3) is 10.2 Å². The van der Waals surface area contributed by atoms with Crippen molar-refractivity contribution >= 4 is 33.3 Å². The third-order valence-corrected chi connectivity index (χ3v) is 4.78. The molecule has 2 N–H and O–H groups in total. The lowest BCUT2D eigenvalue weighted by molar-refractivity contribution is 0.247. The van der Waals surface area contributed by atoms with Gasteiger partial charge in [0, 0.05) is 17.6 Å². The lowest BCUT2D eigenvalue weighted by Gasteiger charge is -2.14. The molecule has 1 aromatic carbocycles. The Labute approximate surface area is 144 Å². The Morgan fingerprint density at radius 3 is 2.88 bits per heavy atom. The molecule has 0 spiro atoms. The van der Waals surface area contributed by atoms with Crippen molar-refractivity contribution in [1.82, 2.24) is 25.1 Å². The Morgan fingerprint density at radius 2 is 2.17 bits per heavy atom. The molecule has 0 radical (unpaired) electrons. The number of urea groups is 1. The normalized spacial score (nSPS) is 12.5. The van der Waals surface area contributed by atoms with Gasteiger partial charge in [-0.1, -0.05) is 13.8 Å². The summed E-state index contributed by atoms with van der Waals surface area (Å²) in [6.45, 7) is 6.74. The lowest BCUT2D eigenvalue weighted by atomic mass is 10.2. The van der Waals surface area contributed by atoms with Gasteiger partial charge in [-0.2, -0.15) is 5.10 Å². The number of hydrogen-bond donors (Lipinski definition) is 2. The Hall–Kier alpha value is -2.48. The van der Waals surface area contributed by atoms with E-state index in [2.05, 4.69) is 39.5 Å². The van der Waals surface area contributed by atoms with Crippen molar-refractivity contribution in [1.29, 1.82) is 0 Å². The number of rotatable bonds is 5. The molecule has 0 aliphatic heterocycles. The summed E-state index contributed by atoms with van der Waals surface area (Å²) in [6.07, 6.45) is 3.10. The van der Waals surface area contributed by atoms with Crippen molar-refractivity contribution in [2.45, 2.75) is 39.3 Å². The molecule has 0 saturated carbocycles. The number of nitrogens with one attached hydrogen (secondary N) is 2. The van der Waals surface area contributed by atoms with Crippen LogP contribution in [0.2, 0.25) is 0 Å². The number of nitrogens with zero attached hydrogens (tertiary/aromatic N) is 4. The number of amides is 2. The van der Waals surface area contributed by atoms with Gasteiger partial charge < -0.3 is 10.6 Å². The first-order valence-electron chi connectivity index (χ1n) is 7.81. The number of fused-ring (bicyclic) bond motifs is 1. The third-order valence-electron chi connectivity index (χ3n) is 3.46. The zero-order chi connectivity index (χ0) is 17.1. The fourth-order valence-corrected chi connectivity index (χ4v) is 3.32. The molecule has 0 unspecified atom stereocenters. The highest BCUT2D eigenvalue weighted by Gasteiger charge is 2.11. The van der Waals surface area contributed by atoms with Crippen molar-refractivity contribution in [2.75, 3.05) is 5.32 Å².